The molecule has 1 heterocycles. The van der Waals surface area contributed by atoms with E-state index in [-0.39, 0.29) is 17.9 Å². The van der Waals surface area contributed by atoms with E-state index in [0.29, 0.717) is 18.1 Å². The molecule has 15 heavy (non-hydrogen) atoms. The molecule has 5 heteroatoms. The summed E-state index contributed by atoms with van der Waals surface area (Å²) < 4.78 is 11.1. The monoisotopic (exact) mass is 232 g/mol. The molecule has 3 atom stereocenters. The normalized spacial score (nSPS) is 27.6. The zero-order chi connectivity index (χ0) is 11.3. The molecule has 1 fully saturated rings. The Labute approximate surface area is 93.7 Å². The summed E-state index contributed by atoms with van der Waals surface area (Å²) in [5.74, 6) is 1.41. The summed E-state index contributed by atoms with van der Waals surface area (Å²) in [6.45, 7) is 5.37. The highest BCUT2D eigenvalue weighted by molar-refractivity contribution is 7.84. The Bertz CT molecular complexity index is 246. The highest BCUT2D eigenvalue weighted by atomic mass is 32.2. The Morgan fingerprint density at radius 1 is 1.60 bits per heavy atom. The largest absolute Gasteiger partial charge is 0.355 e. The van der Waals surface area contributed by atoms with Crippen LogP contribution in [0.5, 0.6) is 0 Å². The van der Waals surface area contributed by atoms with Crippen LogP contribution in [0.1, 0.15) is 20.3 Å². The highest BCUT2D eigenvalue weighted by Gasteiger charge is 2.28. The van der Waals surface area contributed by atoms with Gasteiger partial charge in [-0.25, -0.2) is 0 Å². The standard InChI is InChI=1S/C10H20N2O2S/c1-3-15(14)7-6-12-10(13)9-4-5-11-8(9)2/h8-9,11H,3-7H2,1-2H3,(H,12,13). The van der Waals surface area contributed by atoms with Crippen molar-refractivity contribution in [2.75, 3.05) is 24.6 Å². The molecule has 1 amide bonds. The lowest BCUT2D eigenvalue weighted by Crippen LogP contribution is -2.38. The molecule has 0 aromatic rings. The van der Waals surface area contributed by atoms with E-state index in [1.54, 1.807) is 0 Å². The van der Waals surface area contributed by atoms with Crippen molar-refractivity contribution in [2.24, 2.45) is 5.92 Å². The zero-order valence-electron chi connectivity index (χ0n) is 9.41. The summed E-state index contributed by atoms with van der Waals surface area (Å²) in [7, 11) is -0.784. The minimum atomic E-state index is -0.784. The lowest BCUT2D eigenvalue weighted by molar-refractivity contribution is -0.124. The quantitative estimate of drug-likeness (QED) is 0.694. The Morgan fingerprint density at radius 3 is 2.87 bits per heavy atom. The minimum Gasteiger partial charge on any atom is -0.355 e. The van der Waals surface area contributed by atoms with Crippen molar-refractivity contribution in [3.63, 3.8) is 0 Å². The second kappa shape index (κ2) is 6.23. The maximum Gasteiger partial charge on any atom is 0.224 e. The Balaban J connectivity index is 2.21. The van der Waals surface area contributed by atoms with Crippen molar-refractivity contribution in [1.29, 1.82) is 0 Å². The molecule has 4 nitrogen and oxygen atoms in total. The van der Waals surface area contributed by atoms with Crippen LogP contribution in [0.25, 0.3) is 0 Å². The van der Waals surface area contributed by atoms with Gasteiger partial charge in [-0.15, -0.1) is 0 Å². The summed E-state index contributed by atoms with van der Waals surface area (Å²) in [6, 6.07) is 0.265. The van der Waals surface area contributed by atoms with Gasteiger partial charge >= 0.3 is 0 Å². The third-order valence-electron chi connectivity index (χ3n) is 2.81. The second-order valence-corrected chi connectivity index (χ2v) is 5.73. The molecule has 88 valence electrons. The molecule has 2 N–H and O–H groups in total. The molecule has 1 rings (SSSR count). The van der Waals surface area contributed by atoms with Crippen LogP contribution in [0, 0.1) is 5.92 Å². The van der Waals surface area contributed by atoms with Crippen LogP contribution in [0.2, 0.25) is 0 Å². The van der Waals surface area contributed by atoms with Crippen LogP contribution < -0.4 is 10.6 Å². The summed E-state index contributed by atoms with van der Waals surface area (Å²) in [6.07, 6.45) is 0.907. The fourth-order valence-electron chi connectivity index (χ4n) is 1.78. The number of amides is 1. The van der Waals surface area contributed by atoms with Crippen molar-refractivity contribution in [2.45, 2.75) is 26.3 Å². The number of hydrogen-bond donors (Lipinski definition) is 2. The number of nitrogens with one attached hydrogen (secondary N) is 2. The van der Waals surface area contributed by atoms with Crippen LogP contribution >= 0.6 is 0 Å². The zero-order valence-corrected chi connectivity index (χ0v) is 10.2. The molecule has 1 aliphatic rings. The van der Waals surface area contributed by atoms with Crippen LogP contribution in [0.15, 0.2) is 0 Å². The van der Waals surface area contributed by atoms with Gasteiger partial charge in [-0.3, -0.25) is 9.00 Å². The number of rotatable bonds is 5. The van der Waals surface area contributed by atoms with Gasteiger partial charge in [0, 0.05) is 34.9 Å². The molecule has 0 aliphatic carbocycles. The third-order valence-corrected chi connectivity index (χ3v) is 4.12. The predicted octanol–water partition coefficient (Wildman–Crippen LogP) is -0.131. The van der Waals surface area contributed by atoms with Gasteiger partial charge in [0.1, 0.15) is 0 Å². The van der Waals surface area contributed by atoms with Crippen molar-refractivity contribution >= 4 is 16.7 Å². The number of carbonyl (C=O) groups is 1. The van der Waals surface area contributed by atoms with Gasteiger partial charge in [-0.05, 0) is 19.9 Å². The maximum atomic E-state index is 11.7. The minimum absolute atomic E-state index is 0.0834. The molecule has 0 bridgehead atoms. The van der Waals surface area contributed by atoms with E-state index in [2.05, 4.69) is 10.6 Å². The first kappa shape index (κ1) is 12.6. The molecule has 0 saturated carbocycles. The summed E-state index contributed by atoms with van der Waals surface area (Å²) in [4.78, 5) is 11.7. The lowest BCUT2D eigenvalue weighted by atomic mass is 10.0. The molecular weight excluding hydrogens is 212 g/mol. The summed E-state index contributed by atoms with van der Waals surface area (Å²) in [5.41, 5.74) is 0. The number of hydrogen-bond acceptors (Lipinski definition) is 3. The smallest absolute Gasteiger partial charge is 0.224 e. The predicted molar refractivity (Wildman–Crippen MR) is 62.1 cm³/mol. The van der Waals surface area contributed by atoms with E-state index in [1.165, 1.54) is 0 Å². The summed E-state index contributed by atoms with van der Waals surface area (Å²) in [5, 5.41) is 6.09. The van der Waals surface area contributed by atoms with Crippen LogP contribution in [-0.2, 0) is 15.6 Å². The van der Waals surface area contributed by atoms with Gasteiger partial charge in [-0.2, -0.15) is 0 Å². The van der Waals surface area contributed by atoms with Crippen LogP contribution in [0.3, 0.4) is 0 Å². The maximum absolute atomic E-state index is 11.7. The molecule has 1 aliphatic heterocycles. The molecule has 0 spiro atoms. The van der Waals surface area contributed by atoms with Crippen LogP contribution in [-0.4, -0.2) is 40.8 Å². The van der Waals surface area contributed by atoms with Gasteiger partial charge in [-0.1, -0.05) is 6.92 Å². The Kier molecular flexibility index (Phi) is 5.25. The van der Waals surface area contributed by atoms with Crippen molar-refractivity contribution < 1.29 is 9.00 Å². The highest BCUT2D eigenvalue weighted by Crippen LogP contribution is 2.14. The Morgan fingerprint density at radius 2 is 2.33 bits per heavy atom. The van der Waals surface area contributed by atoms with Gasteiger partial charge in [0.15, 0.2) is 0 Å². The van der Waals surface area contributed by atoms with E-state index >= 15 is 0 Å². The van der Waals surface area contributed by atoms with Gasteiger partial charge in [0.05, 0.1) is 5.92 Å². The first-order valence-corrected chi connectivity index (χ1v) is 7.00. The molecule has 3 unspecified atom stereocenters. The molecule has 0 radical (unpaired) electrons. The molecule has 1 saturated heterocycles. The van der Waals surface area contributed by atoms with E-state index in [4.69, 9.17) is 0 Å². The van der Waals surface area contributed by atoms with Crippen molar-refractivity contribution in [1.82, 2.24) is 10.6 Å². The molecular formula is C10H20N2O2S. The first-order chi connectivity index (χ1) is 7.15. The first-order valence-electron chi connectivity index (χ1n) is 5.51. The van der Waals surface area contributed by atoms with Crippen LogP contribution in [0.4, 0.5) is 0 Å². The van der Waals surface area contributed by atoms with E-state index in [1.807, 2.05) is 13.8 Å². The summed E-state index contributed by atoms with van der Waals surface area (Å²) >= 11 is 0. The fraction of sp³-hybridized carbons (Fsp3) is 0.900. The lowest BCUT2D eigenvalue weighted by Gasteiger charge is -2.14. The topological polar surface area (TPSA) is 58.2 Å². The SMILES string of the molecule is CCS(=O)CCNC(=O)C1CCNC1C. The van der Waals surface area contributed by atoms with Gasteiger partial charge < -0.3 is 10.6 Å². The second-order valence-electron chi connectivity index (χ2n) is 3.86. The Hall–Kier alpha value is -0.420. The average Bonchev–Trinajstić information content (AvgIpc) is 2.64. The molecule has 0 aromatic heterocycles. The van der Waals surface area contributed by atoms with E-state index in [0.717, 1.165) is 13.0 Å². The average molecular weight is 232 g/mol. The third kappa shape index (κ3) is 3.91. The van der Waals surface area contributed by atoms with Gasteiger partial charge in [0.2, 0.25) is 5.91 Å². The fourth-order valence-corrected chi connectivity index (χ4v) is 2.40. The van der Waals surface area contributed by atoms with Gasteiger partial charge in [0.25, 0.3) is 0 Å². The molecule has 0 aromatic carbocycles. The van der Waals surface area contributed by atoms with Crippen molar-refractivity contribution in [3.05, 3.63) is 0 Å². The van der Waals surface area contributed by atoms with E-state index < -0.39 is 10.8 Å². The van der Waals surface area contributed by atoms with E-state index in [9.17, 15) is 9.00 Å². The van der Waals surface area contributed by atoms with Crippen molar-refractivity contribution in [3.8, 4) is 0 Å². The number of carbonyl (C=O) groups excluding carboxylic acids is 1.